The van der Waals surface area contributed by atoms with Crippen molar-refractivity contribution in [1.29, 1.82) is 0 Å². The highest BCUT2D eigenvalue weighted by molar-refractivity contribution is 5.94. The molecule has 3 aromatic rings. The molecule has 1 saturated heterocycles. The molecule has 1 aromatic carbocycles. The van der Waals surface area contributed by atoms with Crippen molar-refractivity contribution in [3.8, 4) is 5.75 Å². The number of fused-ring (bicyclic) bond motifs is 1. The number of hydrogen-bond acceptors (Lipinski definition) is 4. The van der Waals surface area contributed by atoms with Gasteiger partial charge in [-0.15, -0.1) is 0 Å². The fourth-order valence-electron chi connectivity index (χ4n) is 4.38. The average Bonchev–Trinajstić information content (AvgIpc) is 3.22. The summed E-state index contributed by atoms with van der Waals surface area (Å²) >= 11 is 0. The quantitative estimate of drug-likeness (QED) is 0.609. The summed E-state index contributed by atoms with van der Waals surface area (Å²) in [4.78, 5) is 19.6. The molecule has 31 heavy (non-hydrogen) atoms. The molecule has 2 aromatic heterocycles. The zero-order valence-corrected chi connectivity index (χ0v) is 18.9. The molecule has 0 unspecified atom stereocenters. The Labute approximate surface area is 184 Å². The van der Waals surface area contributed by atoms with E-state index in [4.69, 9.17) is 4.74 Å². The second-order valence-corrected chi connectivity index (χ2v) is 8.60. The maximum absolute atomic E-state index is 13.1. The summed E-state index contributed by atoms with van der Waals surface area (Å²) in [5, 5.41) is 0. The highest BCUT2D eigenvalue weighted by atomic mass is 16.5. The predicted molar refractivity (Wildman–Crippen MR) is 125 cm³/mol. The Kier molecular flexibility index (Phi) is 6.18. The van der Waals surface area contributed by atoms with E-state index in [1.807, 2.05) is 35.4 Å². The van der Waals surface area contributed by atoms with Crippen LogP contribution in [0, 0.1) is 0 Å². The molecule has 1 aliphatic rings. The van der Waals surface area contributed by atoms with Crippen molar-refractivity contribution >= 4 is 17.2 Å². The number of piperidine rings is 1. The van der Waals surface area contributed by atoms with Crippen molar-refractivity contribution in [3.05, 3.63) is 65.9 Å². The van der Waals surface area contributed by atoms with Crippen LogP contribution in [0.2, 0.25) is 0 Å². The van der Waals surface area contributed by atoms with Crippen molar-refractivity contribution < 1.29 is 9.53 Å². The number of likely N-dealkylation sites (tertiary alicyclic amines) is 1. The Morgan fingerprint density at radius 2 is 1.68 bits per heavy atom. The monoisotopic (exact) mass is 420 g/mol. The van der Waals surface area contributed by atoms with Crippen LogP contribution < -0.4 is 9.64 Å². The van der Waals surface area contributed by atoms with Gasteiger partial charge in [-0.05, 0) is 68.9 Å². The number of carbonyl (C=O) groups is 1. The summed E-state index contributed by atoms with van der Waals surface area (Å²) in [6, 6.07) is 16.9. The van der Waals surface area contributed by atoms with E-state index in [9.17, 15) is 4.79 Å². The van der Waals surface area contributed by atoms with Crippen molar-refractivity contribution in [2.45, 2.75) is 25.4 Å². The average molecular weight is 421 g/mol. The van der Waals surface area contributed by atoms with Crippen LogP contribution in [0.4, 0.5) is 5.82 Å². The first-order valence-electron chi connectivity index (χ1n) is 10.9. The van der Waals surface area contributed by atoms with E-state index in [0.717, 1.165) is 55.1 Å². The molecular formula is C25H32N4O2. The molecule has 1 amide bonds. The van der Waals surface area contributed by atoms with Crippen molar-refractivity contribution in [3.63, 3.8) is 0 Å². The number of nitrogens with zero attached hydrogens (tertiary/aromatic N) is 4. The van der Waals surface area contributed by atoms with Gasteiger partial charge in [-0.1, -0.05) is 12.1 Å². The number of methoxy groups -OCH3 is 1. The Hall–Kier alpha value is -2.99. The van der Waals surface area contributed by atoms with Gasteiger partial charge in [-0.2, -0.15) is 0 Å². The Morgan fingerprint density at radius 1 is 1.00 bits per heavy atom. The molecule has 0 atom stereocenters. The molecule has 0 saturated carbocycles. The second-order valence-electron chi connectivity index (χ2n) is 8.60. The van der Waals surface area contributed by atoms with E-state index < -0.39 is 0 Å². The van der Waals surface area contributed by atoms with Gasteiger partial charge in [0.1, 0.15) is 11.6 Å². The van der Waals surface area contributed by atoms with Crippen LogP contribution in [0.15, 0.2) is 54.7 Å². The van der Waals surface area contributed by atoms with Gasteiger partial charge in [0.05, 0.1) is 12.7 Å². The zero-order chi connectivity index (χ0) is 22.0. The molecule has 0 radical (unpaired) electrons. The smallest absolute Gasteiger partial charge is 0.255 e. The van der Waals surface area contributed by atoms with Gasteiger partial charge in [0.15, 0.2) is 0 Å². The Bertz CT molecular complexity index is 1030. The minimum absolute atomic E-state index is 0.122. The third kappa shape index (κ3) is 4.54. The lowest BCUT2D eigenvalue weighted by Crippen LogP contribution is -2.44. The molecule has 3 heterocycles. The number of anilines is 1. The summed E-state index contributed by atoms with van der Waals surface area (Å²) in [7, 11) is 7.99. The topological polar surface area (TPSA) is 40.4 Å². The van der Waals surface area contributed by atoms with Crippen LogP contribution in [0.5, 0.6) is 5.75 Å². The standard InChI is InChI=1S/C25H32N4O2/c1-26(2)21-13-15-28(16-14-21)25(30)20-7-8-22-9-12-24(29(22)18-20)27(3)17-19-5-10-23(31-4)11-6-19/h5-12,18,21H,13-17H2,1-4H3. The largest absolute Gasteiger partial charge is 0.497 e. The lowest BCUT2D eigenvalue weighted by molar-refractivity contribution is 0.0663. The third-order valence-electron chi connectivity index (χ3n) is 6.33. The first-order chi connectivity index (χ1) is 15.0. The van der Waals surface area contributed by atoms with E-state index in [2.05, 4.69) is 59.6 Å². The van der Waals surface area contributed by atoms with Gasteiger partial charge in [-0.3, -0.25) is 4.79 Å². The predicted octanol–water partition coefficient (Wildman–Crippen LogP) is 3.75. The maximum atomic E-state index is 13.1. The fourth-order valence-corrected chi connectivity index (χ4v) is 4.38. The second kappa shape index (κ2) is 9.02. The van der Waals surface area contributed by atoms with Crippen LogP contribution in [0.25, 0.3) is 5.52 Å². The van der Waals surface area contributed by atoms with Crippen LogP contribution in [-0.4, -0.2) is 67.5 Å². The first kappa shape index (κ1) is 21.2. The lowest BCUT2D eigenvalue weighted by atomic mass is 10.0. The summed E-state index contributed by atoms with van der Waals surface area (Å²) in [5.41, 5.74) is 3.03. The number of carbonyl (C=O) groups excluding carboxylic acids is 1. The highest BCUT2D eigenvalue weighted by Gasteiger charge is 2.25. The molecule has 4 rings (SSSR count). The number of rotatable bonds is 6. The molecule has 164 valence electrons. The molecule has 0 spiro atoms. The normalized spacial score (nSPS) is 14.9. The molecule has 1 aliphatic heterocycles. The van der Waals surface area contributed by atoms with Crippen molar-refractivity contribution in [2.75, 3.05) is 46.2 Å². The Morgan fingerprint density at radius 3 is 2.32 bits per heavy atom. The number of pyridine rings is 1. The summed E-state index contributed by atoms with van der Waals surface area (Å²) in [6.45, 7) is 2.40. The van der Waals surface area contributed by atoms with Crippen LogP contribution in [0.3, 0.4) is 0 Å². The molecule has 0 N–H and O–H groups in total. The number of amides is 1. The van der Waals surface area contributed by atoms with Crippen LogP contribution >= 0.6 is 0 Å². The highest BCUT2D eigenvalue weighted by Crippen LogP contribution is 2.23. The van der Waals surface area contributed by atoms with E-state index in [0.29, 0.717) is 6.04 Å². The van der Waals surface area contributed by atoms with Gasteiger partial charge in [-0.25, -0.2) is 0 Å². The molecule has 1 fully saturated rings. The van der Waals surface area contributed by atoms with Crippen LogP contribution in [0.1, 0.15) is 28.8 Å². The van der Waals surface area contributed by atoms with E-state index in [1.54, 1.807) is 7.11 Å². The zero-order valence-electron chi connectivity index (χ0n) is 18.9. The van der Waals surface area contributed by atoms with Gasteiger partial charge < -0.3 is 23.8 Å². The number of hydrogen-bond donors (Lipinski definition) is 0. The number of aromatic nitrogens is 1. The Balaban J connectivity index is 1.51. The summed E-state index contributed by atoms with van der Waals surface area (Å²) in [5.74, 6) is 2.04. The first-order valence-corrected chi connectivity index (χ1v) is 10.9. The fraction of sp³-hybridized carbons (Fsp3) is 0.400. The van der Waals surface area contributed by atoms with E-state index in [1.165, 1.54) is 5.56 Å². The number of benzene rings is 1. The SMILES string of the molecule is COc1ccc(CN(C)c2ccc3ccc(C(=O)N4CCC(N(C)C)CC4)cn23)cc1. The molecule has 6 nitrogen and oxygen atoms in total. The molecular weight excluding hydrogens is 388 g/mol. The van der Waals surface area contributed by atoms with Crippen molar-refractivity contribution in [1.82, 2.24) is 14.2 Å². The van der Waals surface area contributed by atoms with Gasteiger partial charge in [0.2, 0.25) is 0 Å². The van der Waals surface area contributed by atoms with E-state index >= 15 is 0 Å². The summed E-state index contributed by atoms with van der Waals surface area (Å²) in [6.07, 6.45) is 4.04. The lowest BCUT2D eigenvalue weighted by Gasteiger charge is -2.35. The van der Waals surface area contributed by atoms with Crippen molar-refractivity contribution in [2.24, 2.45) is 0 Å². The minimum atomic E-state index is 0.122. The van der Waals surface area contributed by atoms with E-state index in [-0.39, 0.29) is 5.91 Å². The molecule has 6 heteroatoms. The molecule has 0 bridgehead atoms. The van der Waals surface area contributed by atoms with Gasteiger partial charge in [0, 0.05) is 44.4 Å². The minimum Gasteiger partial charge on any atom is -0.497 e. The maximum Gasteiger partial charge on any atom is 0.255 e. The van der Waals surface area contributed by atoms with Gasteiger partial charge >= 0.3 is 0 Å². The van der Waals surface area contributed by atoms with Crippen LogP contribution in [-0.2, 0) is 6.54 Å². The molecule has 0 aliphatic carbocycles. The van der Waals surface area contributed by atoms with Gasteiger partial charge in [0.25, 0.3) is 5.91 Å². The third-order valence-corrected chi connectivity index (χ3v) is 6.33. The number of ether oxygens (including phenoxy) is 1. The summed E-state index contributed by atoms with van der Waals surface area (Å²) < 4.78 is 7.37.